The van der Waals surface area contributed by atoms with Crippen LogP contribution in [0.4, 0.5) is 0 Å². The summed E-state index contributed by atoms with van der Waals surface area (Å²) >= 11 is 0. The van der Waals surface area contributed by atoms with Gasteiger partial charge in [-0.15, -0.1) is 0 Å². The van der Waals surface area contributed by atoms with E-state index in [2.05, 4.69) is 48.3 Å². The van der Waals surface area contributed by atoms with E-state index in [0.717, 1.165) is 44.1 Å². The summed E-state index contributed by atoms with van der Waals surface area (Å²) in [6.07, 6.45) is 15.6. The van der Waals surface area contributed by atoms with Gasteiger partial charge in [-0.05, 0) is 90.3 Å². The molecule has 1 aromatic heterocycles. The normalized spacial score (nSPS) is 37.4. The monoisotopic (exact) mass is 413 g/mol. The molecule has 1 heterocycles. The summed E-state index contributed by atoms with van der Waals surface area (Å²) in [5, 5.41) is 14.6. The SMILES string of the molecule is CC12CC=C3C=C4CCC(=O)CC4CC[C@]3(O)C1CCC2c1ccc2ccncc2c1. The minimum atomic E-state index is -0.756. The van der Waals surface area contributed by atoms with Gasteiger partial charge in [-0.2, -0.15) is 0 Å². The molecule has 2 saturated carbocycles. The molecule has 31 heavy (non-hydrogen) atoms. The van der Waals surface area contributed by atoms with Crippen molar-refractivity contribution >= 4 is 16.6 Å². The molecule has 3 nitrogen and oxygen atoms in total. The molecule has 5 atom stereocenters. The lowest BCUT2D eigenvalue weighted by Crippen LogP contribution is -2.49. The first kappa shape index (κ1) is 19.4. The van der Waals surface area contributed by atoms with Crippen LogP contribution in [-0.4, -0.2) is 21.5 Å². The predicted octanol–water partition coefficient (Wildman–Crippen LogP) is 5.89. The van der Waals surface area contributed by atoms with Gasteiger partial charge in [-0.1, -0.05) is 36.8 Å². The fourth-order valence-corrected chi connectivity index (χ4v) is 7.45. The lowest BCUT2D eigenvalue weighted by Gasteiger charge is -2.49. The number of benzene rings is 1. The number of ketones is 1. The smallest absolute Gasteiger partial charge is 0.133 e. The maximum Gasteiger partial charge on any atom is 0.133 e. The van der Waals surface area contributed by atoms with Crippen LogP contribution in [0.2, 0.25) is 0 Å². The van der Waals surface area contributed by atoms with Crippen LogP contribution in [0.15, 0.2) is 60.0 Å². The second kappa shape index (κ2) is 6.87. The number of rotatable bonds is 1. The van der Waals surface area contributed by atoms with Crippen LogP contribution < -0.4 is 0 Å². The number of pyridine rings is 1. The first-order valence-electron chi connectivity index (χ1n) is 12.0. The lowest BCUT2D eigenvalue weighted by molar-refractivity contribution is -0.120. The third-order valence-electron chi connectivity index (χ3n) is 9.15. The quantitative estimate of drug-likeness (QED) is 0.635. The van der Waals surface area contributed by atoms with Crippen molar-refractivity contribution in [3.05, 3.63) is 65.5 Å². The molecular formula is C28H31NO2. The van der Waals surface area contributed by atoms with E-state index >= 15 is 0 Å². The van der Waals surface area contributed by atoms with Gasteiger partial charge in [0.05, 0.1) is 5.60 Å². The van der Waals surface area contributed by atoms with E-state index in [4.69, 9.17) is 0 Å². The van der Waals surface area contributed by atoms with Crippen LogP contribution in [-0.2, 0) is 4.79 Å². The van der Waals surface area contributed by atoms with Gasteiger partial charge in [0.25, 0.3) is 0 Å². The first-order chi connectivity index (χ1) is 15.0. The Balaban J connectivity index is 1.37. The third-order valence-corrected chi connectivity index (χ3v) is 9.15. The Morgan fingerprint density at radius 2 is 2.00 bits per heavy atom. The van der Waals surface area contributed by atoms with Crippen LogP contribution in [0.3, 0.4) is 0 Å². The van der Waals surface area contributed by atoms with E-state index in [-0.39, 0.29) is 11.3 Å². The predicted molar refractivity (Wildman–Crippen MR) is 123 cm³/mol. The fraction of sp³-hybridized carbons (Fsp3) is 0.500. The molecule has 4 aliphatic carbocycles. The van der Waals surface area contributed by atoms with Crippen molar-refractivity contribution in [1.82, 2.24) is 4.98 Å². The van der Waals surface area contributed by atoms with Gasteiger partial charge in [0, 0.05) is 30.6 Å². The summed E-state index contributed by atoms with van der Waals surface area (Å²) in [6.45, 7) is 2.41. The minimum absolute atomic E-state index is 0.0535. The average molecular weight is 414 g/mol. The first-order valence-corrected chi connectivity index (χ1v) is 12.0. The summed E-state index contributed by atoms with van der Waals surface area (Å²) in [7, 11) is 0. The lowest BCUT2D eigenvalue weighted by atomic mass is 9.58. The number of Topliss-reactive ketones (excluding diaryl/α,β-unsaturated/α-hetero) is 1. The van der Waals surface area contributed by atoms with Crippen LogP contribution in [0, 0.1) is 17.3 Å². The molecule has 2 aromatic rings. The molecule has 6 rings (SSSR count). The van der Waals surface area contributed by atoms with Crippen molar-refractivity contribution in [2.45, 2.75) is 69.8 Å². The van der Waals surface area contributed by atoms with Gasteiger partial charge >= 0.3 is 0 Å². The van der Waals surface area contributed by atoms with Gasteiger partial charge < -0.3 is 5.11 Å². The Morgan fingerprint density at radius 1 is 1.10 bits per heavy atom. The van der Waals surface area contributed by atoms with Crippen LogP contribution in [0.25, 0.3) is 10.8 Å². The maximum atomic E-state index is 12.1. The molecule has 0 aliphatic heterocycles. The van der Waals surface area contributed by atoms with Crippen molar-refractivity contribution in [2.75, 3.05) is 0 Å². The highest BCUT2D eigenvalue weighted by Gasteiger charge is 2.58. The van der Waals surface area contributed by atoms with E-state index in [9.17, 15) is 9.90 Å². The summed E-state index contributed by atoms with van der Waals surface area (Å²) in [5.41, 5.74) is 3.23. The Hall–Kier alpha value is -2.26. The van der Waals surface area contributed by atoms with Gasteiger partial charge in [0.1, 0.15) is 5.78 Å². The number of aliphatic hydroxyl groups is 1. The molecule has 0 saturated heterocycles. The number of hydrogen-bond donors (Lipinski definition) is 1. The summed E-state index contributed by atoms with van der Waals surface area (Å²) in [4.78, 5) is 16.4. The van der Waals surface area contributed by atoms with Crippen LogP contribution in [0.1, 0.15) is 69.8 Å². The fourth-order valence-electron chi connectivity index (χ4n) is 7.45. The zero-order valence-corrected chi connectivity index (χ0v) is 18.3. The number of carbonyl (C=O) groups excluding carboxylic acids is 1. The topological polar surface area (TPSA) is 50.2 Å². The Morgan fingerprint density at radius 3 is 2.90 bits per heavy atom. The van der Waals surface area contributed by atoms with Crippen molar-refractivity contribution in [2.24, 2.45) is 17.3 Å². The molecule has 4 unspecified atom stereocenters. The van der Waals surface area contributed by atoms with Crippen molar-refractivity contribution < 1.29 is 9.90 Å². The van der Waals surface area contributed by atoms with Gasteiger partial charge in [-0.3, -0.25) is 9.78 Å². The van der Waals surface area contributed by atoms with E-state index in [1.165, 1.54) is 21.9 Å². The van der Waals surface area contributed by atoms with Crippen molar-refractivity contribution in [1.29, 1.82) is 0 Å². The summed E-state index contributed by atoms with van der Waals surface area (Å²) in [5.74, 6) is 1.45. The Labute approximate surface area is 184 Å². The molecule has 1 aromatic carbocycles. The van der Waals surface area contributed by atoms with E-state index in [1.54, 1.807) is 0 Å². The highest BCUT2D eigenvalue weighted by Crippen LogP contribution is 2.63. The maximum absolute atomic E-state index is 12.1. The molecule has 0 bridgehead atoms. The number of fused-ring (bicyclic) bond motifs is 5. The van der Waals surface area contributed by atoms with Gasteiger partial charge in [-0.25, -0.2) is 0 Å². The highest BCUT2D eigenvalue weighted by molar-refractivity contribution is 5.82. The van der Waals surface area contributed by atoms with E-state index < -0.39 is 5.60 Å². The third kappa shape index (κ3) is 2.89. The number of hydrogen-bond acceptors (Lipinski definition) is 3. The Kier molecular flexibility index (Phi) is 4.30. The van der Waals surface area contributed by atoms with Gasteiger partial charge in [0.2, 0.25) is 0 Å². The largest absolute Gasteiger partial charge is 0.385 e. The second-order valence-corrected chi connectivity index (χ2v) is 10.7. The van der Waals surface area contributed by atoms with Crippen LogP contribution in [0.5, 0.6) is 0 Å². The molecule has 0 radical (unpaired) electrons. The van der Waals surface area contributed by atoms with Crippen molar-refractivity contribution in [3.63, 3.8) is 0 Å². The molecular weight excluding hydrogens is 382 g/mol. The van der Waals surface area contributed by atoms with E-state index in [1.807, 2.05) is 12.4 Å². The summed E-state index contributed by atoms with van der Waals surface area (Å²) in [6, 6.07) is 8.90. The second-order valence-electron chi connectivity index (χ2n) is 10.7. The number of allylic oxidation sites excluding steroid dienone is 2. The minimum Gasteiger partial charge on any atom is -0.385 e. The molecule has 160 valence electrons. The molecule has 2 fully saturated rings. The highest BCUT2D eigenvalue weighted by atomic mass is 16.3. The Bertz CT molecular complexity index is 1130. The molecule has 3 heteroatoms. The molecule has 0 amide bonds. The number of nitrogens with zero attached hydrogens (tertiary/aromatic N) is 1. The zero-order chi connectivity index (χ0) is 21.2. The van der Waals surface area contributed by atoms with Crippen LogP contribution >= 0.6 is 0 Å². The van der Waals surface area contributed by atoms with Gasteiger partial charge in [0.15, 0.2) is 0 Å². The number of carbonyl (C=O) groups is 1. The standard InChI is InChI=1S/C28H31NO2/c1-27-11-9-23-15-19-4-5-24(30)16-20(19)8-12-28(23,31)26(27)7-6-25(27)21-3-2-18-10-13-29-17-22(18)14-21/h2-3,9-10,13-15,17,20,25-26,31H,4-8,11-12,16H2,1H3/t20?,25?,26?,27?,28-/m1/s1. The zero-order valence-electron chi connectivity index (χ0n) is 18.3. The summed E-state index contributed by atoms with van der Waals surface area (Å²) < 4.78 is 0. The average Bonchev–Trinajstić information content (AvgIpc) is 3.06. The van der Waals surface area contributed by atoms with Crippen molar-refractivity contribution in [3.8, 4) is 0 Å². The molecule has 0 spiro atoms. The van der Waals surface area contributed by atoms with E-state index in [0.29, 0.717) is 30.5 Å². The number of aromatic nitrogens is 1. The molecule has 1 N–H and O–H groups in total. The molecule has 4 aliphatic rings.